The molecule has 0 saturated heterocycles. The third kappa shape index (κ3) is 17.9. The Morgan fingerprint density at radius 2 is 0.826 bits per heavy atom. The fraction of sp³-hybridized carbons (Fsp3) is 1.00. The average molecular weight is 336 g/mol. The maximum Gasteiger partial charge on any atom is 0.0701 e. The van der Waals surface area contributed by atoms with Crippen molar-refractivity contribution >= 4 is 0 Å². The lowest BCUT2D eigenvalue weighted by Gasteiger charge is -2.15. The van der Waals surface area contributed by atoms with Gasteiger partial charge in [-0.3, -0.25) is 0 Å². The van der Waals surface area contributed by atoms with Crippen molar-refractivity contribution in [3.63, 3.8) is 0 Å². The van der Waals surface area contributed by atoms with Crippen LogP contribution < -0.4 is 0 Å². The molecule has 0 heterocycles. The quantitative estimate of drug-likeness (QED) is 0.337. The van der Waals surface area contributed by atoms with Gasteiger partial charge in [0.15, 0.2) is 0 Å². The van der Waals surface area contributed by atoms with E-state index in [0.29, 0.717) is 72.0 Å². The Hall–Kier alpha value is -0.240. The van der Waals surface area contributed by atoms with Gasteiger partial charge in [-0.2, -0.15) is 0 Å². The number of rotatable bonds is 19. The van der Waals surface area contributed by atoms with E-state index in [4.69, 9.17) is 28.4 Å². The fourth-order valence-corrected chi connectivity index (χ4v) is 1.75. The molecule has 0 aromatic rings. The Bertz CT molecular complexity index is 195. The molecule has 0 N–H and O–H groups in total. The topological polar surface area (TPSA) is 55.4 Å². The summed E-state index contributed by atoms with van der Waals surface area (Å²) in [7, 11) is 0. The van der Waals surface area contributed by atoms with Crippen molar-refractivity contribution < 1.29 is 28.4 Å². The average Bonchev–Trinajstić information content (AvgIpc) is 2.57. The maximum absolute atomic E-state index is 5.62. The second-order valence-corrected chi connectivity index (χ2v) is 5.04. The zero-order valence-electron chi connectivity index (χ0n) is 15.2. The third-order valence-electron chi connectivity index (χ3n) is 3.18. The molecule has 0 aliphatic heterocycles. The van der Waals surface area contributed by atoms with Crippen molar-refractivity contribution in [1.29, 1.82) is 0 Å². The van der Waals surface area contributed by atoms with Gasteiger partial charge >= 0.3 is 0 Å². The van der Waals surface area contributed by atoms with Crippen LogP contribution in [0.25, 0.3) is 0 Å². The zero-order valence-corrected chi connectivity index (χ0v) is 15.2. The number of hydrogen-bond donors (Lipinski definition) is 0. The molecule has 0 radical (unpaired) electrons. The Balaban J connectivity index is 3.29. The summed E-state index contributed by atoms with van der Waals surface area (Å²) in [4.78, 5) is 0. The molecule has 0 atom stereocenters. The monoisotopic (exact) mass is 336 g/mol. The zero-order chi connectivity index (χ0) is 17.0. The molecule has 0 aromatic heterocycles. The first-order valence-electron chi connectivity index (χ1n) is 8.81. The molecule has 0 aromatic carbocycles. The van der Waals surface area contributed by atoms with E-state index in [1.807, 2.05) is 13.8 Å². The van der Waals surface area contributed by atoms with Crippen LogP contribution in [-0.4, -0.2) is 79.3 Å². The lowest BCUT2D eigenvalue weighted by Crippen LogP contribution is -2.19. The van der Waals surface area contributed by atoms with Gasteiger partial charge in [-0.05, 0) is 20.3 Å². The second-order valence-electron chi connectivity index (χ2n) is 5.04. The summed E-state index contributed by atoms with van der Waals surface area (Å²) in [6, 6.07) is 0. The molecule has 6 nitrogen and oxygen atoms in total. The van der Waals surface area contributed by atoms with Gasteiger partial charge < -0.3 is 28.4 Å². The third-order valence-corrected chi connectivity index (χ3v) is 3.18. The molecule has 0 spiro atoms. The largest absolute Gasteiger partial charge is 0.379 e. The summed E-state index contributed by atoms with van der Waals surface area (Å²) in [5.74, 6) is 0.418. The van der Waals surface area contributed by atoms with Crippen molar-refractivity contribution in [3.8, 4) is 0 Å². The Kier molecular flexibility index (Phi) is 19.6. The van der Waals surface area contributed by atoms with E-state index >= 15 is 0 Å². The first-order valence-corrected chi connectivity index (χ1v) is 8.81. The summed E-state index contributed by atoms with van der Waals surface area (Å²) in [6.45, 7) is 14.0. The van der Waals surface area contributed by atoms with Crippen LogP contribution in [-0.2, 0) is 28.4 Å². The van der Waals surface area contributed by atoms with Crippen molar-refractivity contribution in [2.24, 2.45) is 5.92 Å². The van der Waals surface area contributed by atoms with Gasteiger partial charge in [0.2, 0.25) is 0 Å². The standard InChI is InChI=1S/C17H36O6/c1-4-17(15-22-13-11-20-9-7-18-5-2)16-23-14-12-21-10-8-19-6-3/h17H,4-16H2,1-3H3. The van der Waals surface area contributed by atoms with E-state index in [1.54, 1.807) is 0 Å². The normalized spacial score (nSPS) is 11.5. The fourth-order valence-electron chi connectivity index (χ4n) is 1.75. The van der Waals surface area contributed by atoms with E-state index < -0.39 is 0 Å². The second kappa shape index (κ2) is 19.8. The highest BCUT2D eigenvalue weighted by Crippen LogP contribution is 2.04. The molecular weight excluding hydrogens is 300 g/mol. The summed E-state index contributed by atoms with van der Waals surface area (Å²) in [5, 5.41) is 0. The highest BCUT2D eigenvalue weighted by molar-refractivity contribution is 4.54. The highest BCUT2D eigenvalue weighted by Gasteiger charge is 2.06. The minimum absolute atomic E-state index is 0.418. The molecule has 0 aliphatic carbocycles. The molecule has 0 fully saturated rings. The van der Waals surface area contributed by atoms with Gasteiger partial charge in [0.05, 0.1) is 66.1 Å². The molecular formula is C17H36O6. The van der Waals surface area contributed by atoms with Crippen LogP contribution in [0, 0.1) is 5.92 Å². The first kappa shape index (κ1) is 22.8. The minimum atomic E-state index is 0.418. The number of ether oxygens (including phenoxy) is 6. The molecule has 0 amide bonds. The van der Waals surface area contributed by atoms with Crippen LogP contribution in [0.15, 0.2) is 0 Å². The van der Waals surface area contributed by atoms with Gasteiger partial charge in [-0.25, -0.2) is 0 Å². The van der Waals surface area contributed by atoms with Gasteiger partial charge in [-0.1, -0.05) is 6.92 Å². The van der Waals surface area contributed by atoms with Crippen molar-refractivity contribution in [1.82, 2.24) is 0 Å². The molecule has 0 saturated carbocycles. The van der Waals surface area contributed by atoms with Crippen molar-refractivity contribution in [3.05, 3.63) is 0 Å². The van der Waals surface area contributed by atoms with Gasteiger partial charge in [0.1, 0.15) is 0 Å². The van der Waals surface area contributed by atoms with Crippen LogP contribution in [0.4, 0.5) is 0 Å². The van der Waals surface area contributed by atoms with Crippen LogP contribution in [0.3, 0.4) is 0 Å². The highest BCUT2D eigenvalue weighted by atomic mass is 16.6. The maximum atomic E-state index is 5.62. The molecule has 6 heteroatoms. The van der Waals surface area contributed by atoms with Gasteiger partial charge in [0.25, 0.3) is 0 Å². The number of hydrogen-bond acceptors (Lipinski definition) is 6. The molecule has 0 rings (SSSR count). The summed E-state index contributed by atoms with van der Waals surface area (Å²) in [6.07, 6.45) is 1.04. The summed E-state index contributed by atoms with van der Waals surface area (Å²) in [5.41, 5.74) is 0. The Morgan fingerprint density at radius 1 is 0.478 bits per heavy atom. The van der Waals surface area contributed by atoms with Gasteiger partial charge in [0, 0.05) is 19.1 Å². The molecule has 0 unspecified atom stereocenters. The van der Waals surface area contributed by atoms with Crippen LogP contribution >= 0.6 is 0 Å². The summed E-state index contributed by atoms with van der Waals surface area (Å²) < 4.78 is 32.4. The van der Waals surface area contributed by atoms with Crippen LogP contribution in [0.1, 0.15) is 27.2 Å². The van der Waals surface area contributed by atoms with Crippen LogP contribution in [0.5, 0.6) is 0 Å². The lowest BCUT2D eigenvalue weighted by atomic mass is 10.1. The smallest absolute Gasteiger partial charge is 0.0701 e. The Labute approximate surface area is 141 Å². The first-order chi connectivity index (χ1) is 11.3. The predicted octanol–water partition coefficient (Wildman–Crippen LogP) is 2.15. The van der Waals surface area contributed by atoms with E-state index in [0.717, 1.165) is 19.6 Å². The SMILES string of the molecule is CCOCCOCCOCC(CC)COCCOCCOCC. The van der Waals surface area contributed by atoms with Crippen molar-refractivity contribution in [2.75, 3.05) is 79.3 Å². The molecule has 23 heavy (non-hydrogen) atoms. The predicted molar refractivity (Wildman–Crippen MR) is 90.0 cm³/mol. The Morgan fingerprint density at radius 3 is 1.17 bits per heavy atom. The van der Waals surface area contributed by atoms with E-state index in [9.17, 15) is 0 Å². The molecule has 140 valence electrons. The molecule has 0 aliphatic rings. The van der Waals surface area contributed by atoms with E-state index in [2.05, 4.69) is 6.92 Å². The molecule has 0 bridgehead atoms. The van der Waals surface area contributed by atoms with E-state index in [-0.39, 0.29) is 0 Å². The lowest BCUT2D eigenvalue weighted by molar-refractivity contribution is -0.0166. The summed E-state index contributed by atoms with van der Waals surface area (Å²) >= 11 is 0. The van der Waals surface area contributed by atoms with Crippen LogP contribution in [0.2, 0.25) is 0 Å². The minimum Gasteiger partial charge on any atom is -0.379 e. The van der Waals surface area contributed by atoms with Gasteiger partial charge in [-0.15, -0.1) is 0 Å². The van der Waals surface area contributed by atoms with Crippen molar-refractivity contribution in [2.45, 2.75) is 27.2 Å². The van der Waals surface area contributed by atoms with E-state index in [1.165, 1.54) is 0 Å².